The van der Waals surface area contributed by atoms with Crippen molar-refractivity contribution in [2.75, 3.05) is 12.4 Å². The number of amides is 2. The number of anilines is 1. The summed E-state index contributed by atoms with van der Waals surface area (Å²) in [5.74, 6) is -2.62. The summed E-state index contributed by atoms with van der Waals surface area (Å²) in [6, 6.07) is 6.10. The van der Waals surface area contributed by atoms with Crippen LogP contribution in [0.5, 0.6) is 5.88 Å². The Morgan fingerprint density at radius 2 is 1.95 bits per heavy atom. The lowest BCUT2D eigenvalue weighted by Gasteiger charge is -2.12. The fourth-order valence-electron chi connectivity index (χ4n) is 3.56. The number of carbonyl (C=O) groups excluding carboxylic acids is 2. The molecular formula is C23H17ClF4N6O3. The van der Waals surface area contributed by atoms with Gasteiger partial charge in [-0.3, -0.25) is 14.3 Å². The van der Waals surface area contributed by atoms with Gasteiger partial charge >= 0.3 is 6.18 Å². The van der Waals surface area contributed by atoms with Crippen molar-refractivity contribution in [2.24, 2.45) is 5.73 Å². The van der Waals surface area contributed by atoms with E-state index < -0.39 is 40.9 Å². The molecule has 3 N–H and O–H groups in total. The molecule has 3 aromatic heterocycles. The van der Waals surface area contributed by atoms with E-state index in [0.29, 0.717) is 11.4 Å². The van der Waals surface area contributed by atoms with Gasteiger partial charge in [-0.1, -0.05) is 17.7 Å². The van der Waals surface area contributed by atoms with Crippen molar-refractivity contribution in [2.45, 2.75) is 19.6 Å². The van der Waals surface area contributed by atoms with E-state index in [1.807, 2.05) is 0 Å². The van der Waals surface area contributed by atoms with Crippen molar-refractivity contribution >= 4 is 40.0 Å². The molecule has 0 aliphatic heterocycles. The highest BCUT2D eigenvalue weighted by atomic mass is 35.5. The molecule has 3 heterocycles. The van der Waals surface area contributed by atoms with E-state index >= 15 is 0 Å². The maximum atomic E-state index is 14.0. The predicted molar refractivity (Wildman–Crippen MR) is 125 cm³/mol. The van der Waals surface area contributed by atoms with Gasteiger partial charge in [0.25, 0.3) is 11.8 Å². The minimum Gasteiger partial charge on any atom is -0.481 e. The average molecular weight is 537 g/mol. The molecule has 0 unspecified atom stereocenters. The molecule has 0 atom stereocenters. The molecule has 0 aliphatic rings. The second-order valence-corrected chi connectivity index (χ2v) is 8.24. The smallest absolute Gasteiger partial charge is 0.437 e. The van der Waals surface area contributed by atoms with Crippen LogP contribution in [-0.2, 0) is 12.7 Å². The van der Waals surface area contributed by atoms with Crippen molar-refractivity contribution in [1.82, 2.24) is 19.7 Å². The molecule has 0 spiro atoms. The lowest BCUT2D eigenvalue weighted by atomic mass is 10.1. The van der Waals surface area contributed by atoms with Gasteiger partial charge in [0, 0.05) is 23.7 Å². The Labute approximate surface area is 211 Å². The number of nitrogens with two attached hydrogens (primary N) is 1. The van der Waals surface area contributed by atoms with E-state index in [-0.39, 0.29) is 33.7 Å². The molecule has 0 radical (unpaired) electrons. The zero-order valence-corrected chi connectivity index (χ0v) is 19.9. The van der Waals surface area contributed by atoms with E-state index in [1.54, 1.807) is 12.1 Å². The summed E-state index contributed by atoms with van der Waals surface area (Å²) in [7, 11) is 1.42. The zero-order valence-electron chi connectivity index (χ0n) is 19.2. The quantitative estimate of drug-likeness (QED) is 0.353. The molecule has 0 bridgehead atoms. The number of hydrogen-bond donors (Lipinski definition) is 2. The third-order valence-electron chi connectivity index (χ3n) is 5.40. The molecule has 1 aromatic carbocycles. The van der Waals surface area contributed by atoms with E-state index in [1.165, 1.54) is 20.2 Å². The number of carbonyl (C=O) groups is 2. The number of nitrogens with one attached hydrogen (secondary N) is 1. The molecule has 0 fully saturated rings. The van der Waals surface area contributed by atoms with Crippen molar-refractivity contribution in [3.8, 4) is 5.88 Å². The Morgan fingerprint density at radius 3 is 2.54 bits per heavy atom. The fraction of sp³-hybridized carbons (Fsp3) is 0.174. The van der Waals surface area contributed by atoms with Crippen LogP contribution in [0.15, 0.2) is 36.5 Å². The van der Waals surface area contributed by atoms with Crippen LogP contribution in [-0.4, -0.2) is 38.7 Å². The fourth-order valence-corrected chi connectivity index (χ4v) is 3.73. The van der Waals surface area contributed by atoms with Crippen molar-refractivity contribution in [3.63, 3.8) is 0 Å². The maximum absolute atomic E-state index is 14.0. The van der Waals surface area contributed by atoms with Crippen LogP contribution in [0.2, 0.25) is 5.02 Å². The van der Waals surface area contributed by atoms with E-state index in [9.17, 15) is 27.2 Å². The SMILES string of the molecule is COc1ccc(Cn2nc(C(F)(F)F)c(NC(=O)c3cc(C(N)=O)nc4cc(F)c(Cl)cc34)c2C)cn1. The number of methoxy groups -OCH3 is 1. The van der Waals surface area contributed by atoms with Gasteiger partial charge < -0.3 is 15.8 Å². The number of ether oxygens (including phenoxy) is 1. The first kappa shape index (κ1) is 25.8. The number of hydrogen-bond acceptors (Lipinski definition) is 6. The lowest BCUT2D eigenvalue weighted by molar-refractivity contribution is -0.140. The van der Waals surface area contributed by atoms with Crippen LogP contribution >= 0.6 is 11.6 Å². The zero-order chi connectivity index (χ0) is 27.1. The summed E-state index contributed by atoms with van der Waals surface area (Å²) in [6.45, 7) is 1.27. The number of aromatic nitrogens is 4. The molecule has 2 amide bonds. The topological polar surface area (TPSA) is 125 Å². The van der Waals surface area contributed by atoms with Gasteiger partial charge in [-0.2, -0.15) is 18.3 Å². The van der Waals surface area contributed by atoms with Crippen LogP contribution in [0, 0.1) is 12.7 Å². The standard InChI is InChI=1S/C23H17ClF4N6O3/c1-10-19(20(23(26,27)28)33-34(10)9-11-3-4-18(37-2)30-8-11)32-22(36)13-6-17(21(29)35)31-16-7-15(25)14(24)5-12(13)16/h3-8H,9H2,1-2H3,(H2,29,35)(H,32,36). The van der Waals surface area contributed by atoms with Gasteiger partial charge in [0.05, 0.1) is 41.1 Å². The number of alkyl halides is 3. The van der Waals surface area contributed by atoms with Crippen LogP contribution < -0.4 is 15.8 Å². The largest absolute Gasteiger partial charge is 0.481 e. The molecule has 0 saturated carbocycles. The Kier molecular flexibility index (Phi) is 6.74. The Balaban J connectivity index is 1.78. The second-order valence-electron chi connectivity index (χ2n) is 7.83. The molecule has 4 aromatic rings. The van der Waals surface area contributed by atoms with Gasteiger partial charge in [0.2, 0.25) is 5.88 Å². The van der Waals surface area contributed by atoms with Gasteiger partial charge in [-0.25, -0.2) is 14.4 Å². The summed E-state index contributed by atoms with van der Waals surface area (Å²) < 4.78 is 61.6. The molecule has 0 saturated heterocycles. The first-order valence-corrected chi connectivity index (χ1v) is 10.8. The third kappa shape index (κ3) is 5.16. The summed E-state index contributed by atoms with van der Waals surface area (Å²) in [4.78, 5) is 32.8. The number of fused-ring (bicyclic) bond motifs is 1. The summed E-state index contributed by atoms with van der Waals surface area (Å²) in [6.07, 6.45) is -3.50. The summed E-state index contributed by atoms with van der Waals surface area (Å²) in [5, 5.41) is 5.52. The van der Waals surface area contributed by atoms with Crippen LogP contribution in [0.4, 0.5) is 23.2 Å². The minimum atomic E-state index is -4.91. The first-order valence-electron chi connectivity index (χ1n) is 10.4. The number of pyridine rings is 2. The van der Waals surface area contributed by atoms with Gasteiger partial charge in [-0.05, 0) is 24.6 Å². The predicted octanol–water partition coefficient (Wildman–Crippen LogP) is 4.35. The van der Waals surface area contributed by atoms with Gasteiger partial charge in [-0.15, -0.1) is 0 Å². The molecular weight excluding hydrogens is 520 g/mol. The molecule has 4 rings (SSSR count). The third-order valence-corrected chi connectivity index (χ3v) is 5.69. The monoisotopic (exact) mass is 536 g/mol. The number of primary amides is 1. The Morgan fingerprint density at radius 1 is 1.22 bits per heavy atom. The highest BCUT2D eigenvalue weighted by Crippen LogP contribution is 2.37. The van der Waals surface area contributed by atoms with Gasteiger partial charge in [0.15, 0.2) is 5.69 Å². The summed E-state index contributed by atoms with van der Waals surface area (Å²) >= 11 is 5.84. The molecule has 37 heavy (non-hydrogen) atoms. The molecule has 0 aliphatic carbocycles. The minimum absolute atomic E-state index is 0.00295. The first-order chi connectivity index (χ1) is 17.4. The highest BCUT2D eigenvalue weighted by molar-refractivity contribution is 6.31. The average Bonchev–Trinajstić information content (AvgIpc) is 3.15. The molecule has 192 valence electrons. The van der Waals surface area contributed by atoms with Crippen LogP contribution in [0.1, 0.15) is 37.8 Å². The van der Waals surface area contributed by atoms with Crippen molar-refractivity contribution in [3.05, 3.63) is 75.6 Å². The molecule has 9 nitrogen and oxygen atoms in total. The second kappa shape index (κ2) is 9.65. The van der Waals surface area contributed by atoms with Crippen molar-refractivity contribution < 1.29 is 31.9 Å². The normalized spacial score (nSPS) is 11.5. The number of rotatable bonds is 6. The van der Waals surface area contributed by atoms with E-state index in [4.69, 9.17) is 22.1 Å². The van der Waals surface area contributed by atoms with Crippen molar-refractivity contribution in [1.29, 1.82) is 0 Å². The molecule has 14 heteroatoms. The highest BCUT2D eigenvalue weighted by Gasteiger charge is 2.39. The Hall–Kier alpha value is -4.26. The Bertz CT molecular complexity index is 1540. The van der Waals surface area contributed by atoms with Crippen LogP contribution in [0.3, 0.4) is 0 Å². The summed E-state index contributed by atoms with van der Waals surface area (Å²) in [5.41, 5.74) is 3.03. The number of halogens is 5. The number of nitrogens with zero attached hydrogens (tertiary/aromatic N) is 4. The van der Waals surface area contributed by atoms with E-state index in [0.717, 1.165) is 22.9 Å². The van der Waals surface area contributed by atoms with E-state index in [2.05, 4.69) is 20.4 Å². The number of benzene rings is 1. The van der Waals surface area contributed by atoms with Gasteiger partial charge in [0.1, 0.15) is 11.5 Å². The maximum Gasteiger partial charge on any atom is 0.437 e. The van der Waals surface area contributed by atoms with Crippen LogP contribution in [0.25, 0.3) is 10.9 Å². The lowest BCUT2D eigenvalue weighted by Crippen LogP contribution is -2.19.